The highest BCUT2D eigenvalue weighted by molar-refractivity contribution is 5.78. The van der Waals surface area contributed by atoms with Crippen LogP contribution in [0.5, 0.6) is 0 Å². The molecule has 3 nitrogen and oxygen atoms in total. The molecule has 3 heteroatoms. The molecule has 0 N–H and O–H groups in total. The van der Waals surface area contributed by atoms with E-state index in [1.807, 2.05) is 30.6 Å². The van der Waals surface area contributed by atoms with Crippen LogP contribution in [-0.2, 0) is 0 Å². The van der Waals surface area contributed by atoms with Gasteiger partial charge in [0.15, 0.2) is 0 Å². The fourth-order valence-corrected chi connectivity index (χ4v) is 2.04. The van der Waals surface area contributed by atoms with Crippen LogP contribution in [0.1, 0.15) is 25.6 Å². The number of aromatic nitrogens is 3. The van der Waals surface area contributed by atoms with Crippen molar-refractivity contribution in [1.29, 1.82) is 0 Å². The van der Waals surface area contributed by atoms with Crippen molar-refractivity contribution >= 4 is 16.6 Å². The van der Waals surface area contributed by atoms with Crippen LogP contribution in [0.2, 0.25) is 0 Å². The average molecular weight is 211 g/mol. The van der Waals surface area contributed by atoms with Crippen LogP contribution in [0, 0.1) is 0 Å². The van der Waals surface area contributed by atoms with Crippen LogP contribution < -0.4 is 0 Å². The molecule has 0 aliphatic heterocycles. The van der Waals surface area contributed by atoms with E-state index in [9.17, 15) is 0 Å². The molecule has 0 amide bonds. The molecule has 80 valence electrons. The number of rotatable bonds is 1. The molecule has 0 spiro atoms. The number of hydrogen-bond acceptors (Lipinski definition) is 2. The second kappa shape index (κ2) is 3.30. The molecule has 0 atom stereocenters. The van der Waals surface area contributed by atoms with Crippen LogP contribution in [-0.4, -0.2) is 14.4 Å². The van der Waals surface area contributed by atoms with Gasteiger partial charge in [-0.25, -0.2) is 4.98 Å². The van der Waals surface area contributed by atoms with Gasteiger partial charge in [-0.15, -0.1) is 0 Å². The summed E-state index contributed by atoms with van der Waals surface area (Å²) in [7, 11) is 0. The van der Waals surface area contributed by atoms with Gasteiger partial charge in [0.1, 0.15) is 5.82 Å². The lowest BCUT2D eigenvalue weighted by Gasteiger charge is -2.07. The Kier molecular flexibility index (Phi) is 1.93. The SMILES string of the molecule is CC(C)c1ncc2cnc3ccccc3n12. The zero-order chi connectivity index (χ0) is 11.1. The highest BCUT2D eigenvalue weighted by Crippen LogP contribution is 2.20. The van der Waals surface area contributed by atoms with Crippen molar-refractivity contribution in [2.75, 3.05) is 0 Å². The highest BCUT2D eigenvalue weighted by atomic mass is 15.0. The second-order valence-corrected chi connectivity index (χ2v) is 4.28. The average Bonchev–Trinajstić information content (AvgIpc) is 2.73. The van der Waals surface area contributed by atoms with Crippen molar-refractivity contribution in [3.05, 3.63) is 42.5 Å². The highest BCUT2D eigenvalue weighted by Gasteiger charge is 2.10. The molecular formula is C13H13N3. The summed E-state index contributed by atoms with van der Waals surface area (Å²) >= 11 is 0. The third-order valence-electron chi connectivity index (χ3n) is 2.79. The number of hydrogen-bond donors (Lipinski definition) is 0. The first-order chi connectivity index (χ1) is 7.77. The third kappa shape index (κ3) is 1.21. The standard InChI is InChI=1S/C13H13N3/c1-9(2)13-15-8-10-7-14-11-5-3-4-6-12(11)16(10)13/h3-9H,1-2H3. The summed E-state index contributed by atoms with van der Waals surface area (Å²) in [5, 5.41) is 0. The summed E-state index contributed by atoms with van der Waals surface area (Å²) in [6.07, 6.45) is 3.76. The molecular weight excluding hydrogens is 198 g/mol. The Labute approximate surface area is 93.8 Å². The van der Waals surface area contributed by atoms with Crippen molar-refractivity contribution in [1.82, 2.24) is 14.4 Å². The van der Waals surface area contributed by atoms with Crippen LogP contribution in [0.3, 0.4) is 0 Å². The van der Waals surface area contributed by atoms with Crippen LogP contribution >= 0.6 is 0 Å². The van der Waals surface area contributed by atoms with E-state index in [0.29, 0.717) is 5.92 Å². The fraction of sp³-hybridized carbons (Fsp3) is 0.231. The van der Waals surface area contributed by atoms with Gasteiger partial charge < -0.3 is 0 Å². The first-order valence-corrected chi connectivity index (χ1v) is 5.48. The van der Waals surface area contributed by atoms with Gasteiger partial charge in [-0.1, -0.05) is 26.0 Å². The molecule has 2 aromatic heterocycles. The maximum atomic E-state index is 4.47. The maximum absolute atomic E-state index is 4.47. The minimum atomic E-state index is 0.410. The summed E-state index contributed by atoms with van der Waals surface area (Å²) in [4.78, 5) is 8.89. The van der Waals surface area contributed by atoms with E-state index in [2.05, 4.69) is 34.3 Å². The Balaban J connectivity index is 2.52. The third-order valence-corrected chi connectivity index (χ3v) is 2.79. The summed E-state index contributed by atoms with van der Waals surface area (Å²) in [5.74, 6) is 1.50. The van der Waals surface area contributed by atoms with Gasteiger partial charge in [-0.05, 0) is 12.1 Å². The van der Waals surface area contributed by atoms with Gasteiger partial charge in [0.05, 0.1) is 28.9 Å². The molecule has 0 fully saturated rings. The Morgan fingerprint density at radius 3 is 2.62 bits per heavy atom. The van der Waals surface area contributed by atoms with Gasteiger partial charge in [0.25, 0.3) is 0 Å². The Hall–Kier alpha value is -1.90. The minimum absolute atomic E-state index is 0.410. The quantitative estimate of drug-likeness (QED) is 0.619. The van der Waals surface area contributed by atoms with Gasteiger partial charge in [0, 0.05) is 5.92 Å². The molecule has 0 aliphatic carbocycles. The lowest BCUT2D eigenvalue weighted by atomic mass is 10.2. The van der Waals surface area contributed by atoms with Gasteiger partial charge in [0.2, 0.25) is 0 Å². The molecule has 2 heterocycles. The molecule has 16 heavy (non-hydrogen) atoms. The van der Waals surface area contributed by atoms with Gasteiger partial charge >= 0.3 is 0 Å². The Morgan fingerprint density at radius 1 is 1.06 bits per heavy atom. The maximum Gasteiger partial charge on any atom is 0.116 e. The molecule has 0 aliphatic rings. The van der Waals surface area contributed by atoms with E-state index < -0.39 is 0 Å². The molecule has 0 radical (unpaired) electrons. The number of para-hydroxylation sites is 2. The van der Waals surface area contributed by atoms with Crippen molar-refractivity contribution in [3.63, 3.8) is 0 Å². The van der Waals surface area contributed by atoms with E-state index in [-0.39, 0.29) is 0 Å². The Morgan fingerprint density at radius 2 is 1.81 bits per heavy atom. The predicted molar refractivity (Wildman–Crippen MR) is 64.6 cm³/mol. The van der Waals surface area contributed by atoms with Crippen LogP contribution in [0.4, 0.5) is 0 Å². The molecule has 1 aromatic carbocycles. The molecule has 0 bridgehead atoms. The van der Waals surface area contributed by atoms with E-state index in [4.69, 9.17) is 0 Å². The second-order valence-electron chi connectivity index (χ2n) is 4.28. The molecule has 0 saturated carbocycles. The largest absolute Gasteiger partial charge is 0.293 e. The molecule has 3 rings (SSSR count). The first kappa shape index (κ1) is 9.33. The van der Waals surface area contributed by atoms with Gasteiger partial charge in [-0.3, -0.25) is 9.38 Å². The molecule has 3 aromatic rings. The van der Waals surface area contributed by atoms with Crippen LogP contribution in [0.15, 0.2) is 36.7 Å². The van der Waals surface area contributed by atoms with Crippen molar-refractivity contribution in [3.8, 4) is 0 Å². The number of benzene rings is 1. The number of nitrogens with zero attached hydrogens (tertiary/aromatic N) is 3. The Bertz CT molecular complexity index is 652. The lowest BCUT2D eigenvalue weighted by Crippen LogP contribution is -1.99. The zero-order valence-electron chi connectivity index (χ0n) is 9.38. The zero-order valence-corrected chi connectivity index (χ0v) is 9.38. The van der Waals surface area contributed by atoms with E-state index >= 15 is 0 Å². The summed E-state index contributed by atoms with van der Waals surface area (Å²) in [5.41, 5.74) is 3.19. The monoisotopic (exact) mass is 211 g/mol. The fourth-order valence-electron chi connectivity index (χ4n) is 2.04. The molecule has 0 unspecified atom stereocenters. The summed E-state index contributed by atoms with van der Waals surface area (Å²) < 4.78 is 2.19. The van der Waals surface area contributed by atoms with E-state index in [0.717, 1.165) is 22.4 Å². The minimum Gasteiger partial charge on any atom is -0.293 e. The lowest BCUT2D eigenvalue weighted by molar-refractivity contribution is 0.778. The summed E-state index contributed by atoms with van der Waals surface area (Å²) in [6, 6.07) is 8.16. The van der Waals surface area contributed by atoms with Crippen molar-refractivity contribution in [2.45, 2.75) is 19.8 Å². The van der Waals surface area contributed by atoms with E-state index in [1.165, 1.54) is 0 Å². The van der Waals surface area contributed by atoms with Crippen molar-refractivity contribution in [2.24, 2.45) is 0 Å². The van der Waals surface area contributed by atoms with Crippen LogP contribution in [0.25, 0.3) is 16.6 Å². The summed E-state index contributed by atoms with van der Waals surface area (Å²) in [6.45, 7) is 4.31. The number of fused-ring (bicyclic) bond motifs is 3. The topological polar surface area (TPSA) is 30.2 Å². The van der Waals surface area contributed by atoms with Gasteiger partial charge in [-0.2, -0.15) is 0 Å². The normalized spacial score (nSPS) is 11.7. The predicted octanol–water partition coefficient (Wildman–Crippen LogP) is 3.01. The molecule has 0 saturated heterocycles. The number of imidazole rings is 1. The van der Waals surface area contributed by atoms with Crippen molar-refractivity contribution < 1.29 is 0 Å². The smallest absolute Gasteiger partial charge is 0.116 e. The first-order valence-electron chi connectivity index (χ1n) is 5.48. The van der Waals surface area contributed by atoms with E-state index in [1.54, 1.807) is 0 Å².